The van der Waals surface area contributed by atoms with Gasteiger partial charge < -0.3 is 10.0 Å². The van der Waals surface area contributed by atoms with Crippen molar-refractivity contribution in [1.82, 2.24) is 4.90 Å². The third-order valence-electron chi connectivity index (χ3n) is 4.79. The second-order valence-electron chi connectivity index (χ2n) is 6.49. The molecule has 1 heterocycles. The number of hydrogen-bond donors (Lipinski definition) is 1. The van der Waals surface area contributed by atoms with Crippen molar-refractivity contribution in [1.29, 1.82) is 0 Å². The van der Waals surface area contributed by atoms with E-state index in [9.17, 15) is 22.8 Å². The summed E-state index contributed by atoms with van der Waals surface area (Å²) in [6.07, 6.45) is -4.16. The molecule has 1 aromatic rings. The van der Waals surface area contributed by atoms with E-state index >= 15 is 0 Å². The molecule has 25 heavy (non-hydrogen) atoms. The topological polar surface area (TPSA) is 57.6 Å². The standard InChI is InChI=1S/C16H14Cl2F3NO3/c17-8-1-7(2-9(18)3-8)10-4-11(10)14(23)22-5-12(15(24)25)13(6-22)16(19,20)21/h1-3,10-13H,4-6H2,(H,24,25)/t10?,11?,12-,13-/m1/s1. The van der Waals surface area contributed by atoms with Crippen molar-refractivity contribution in [3.8, 4) is 0 Å². The van der Waals surface area contributed by atoms with Gasteiger partial charge >= 0.3 is 12.1 Å². The maximum atomic E-state index is 13.0. The first-order valence-corrected chi connectivity index (χ1v) is 8.38. The van der Waals surface area contributed by atoms with Crippen LogP contribution in [0.5, 0.6) is 0 Å². The molecular weight excluding hydrogens is 382 g/mol. The summed E-state index contributed by atoms with van der Waals surface area (Å²) in [5.74, 6) is -6.26. The van der Waals surface area contributed by atoms with Crippen LogP contribution in [-0.4, -0.2) is 41.1 Å². The summed E-state index contributed by atoms with van der Waals surface area (Å²) in [5.41, 5.74) is 0.761. The predicted molar refractivity (Wildman–Crippen MR) is 84.6 cm³/mol. The minimum Gasteiger partial charge on any atom is -0.481 e. The monoisotopic (exact) mass is 395 g/mol. The third kappa shape index (κ3) is 3.72. The highest BCUT2D eigenvalue weighted by Crippen LogP contribution is 2.50. The van der Waals surface area contributed by atoms with E-state index < -0.39 is 48.9 Å². The fourth-order valence-corrected chi connectivity index (χ4v) is 3.97. The molecule has 136 valence electrons. The summed E-state index contributed by atoms with van der Waals surface area (Å²) in [6, 6.07) is 4.90. The number of amides is 1. The number of alkyl halides is 3. The number of halogens is 5. The number of hydrogen-bond acceptors (Lipinski definition) is 2. The van der Waals surface area contributed by atoms with Gasteiger partial charge in [-0.2, -0.15) is 13.2 Å². The summed E-state index contributed by atoms with van der Waals surface area (Å²) in [5, 5.41) is 9.87. The Bertz CT molecular complexity index is 705. The SMILES string of the molecule is O=C(O)[C@@H]1CN(C(=O)C2CC2c2cc(Cl)cc(Cl)c2)C[C@H]1C(F)(F)F. The molecule has 0 aromatic heterocycles. The van der Waals surface area contributed by atoms with Crippen LogP contribution in [0.15, 0.2) is 18.2 Å². The van der Waals surface area contributed by atoms with Crippen molar-refractivity contribution >= 4 is 35.1 Å². The summed E-state index contributed by atoms with van der Waals surface area (Å²) in [6.45, 7) is -1.03. The van der Waals surface area contributed by atoms with E-state index in [1.165, 1.54) is 0 Å². The zero-order valence-electron chi connectivity index (χ0n) is 12.8. The van der Waals surface area contributed by atoms with E-state index in [1.54, 1.807) is 18.2 Å². The molecule has 2 aliphatic rings. The molecule has 2 fully saturated rings. The van der Waals surface area contributed by atoms with Crippen LogP contribution in [0.4, 0.5) is 13.2 Å². The van der Waals surface area contributed by atoms with Crippen molar-refractivity contribution in [2.75, 3.05) is 13.1 Å². The Morgan fingerprint density at radius 3 is 2.16 bits per heavy atom. The normalized spacial score (nSPS) is 28.9. The smallest absolute Gasteiger partial charge is 0.394 e. The van der Waals surface area contributed by atoms with E-state index in [1.807, 2.05) is 0 Å². The number of benzene rings is 1. The van der Waals surface area contributed by atoms with Crippen LogP contribution in [0, 0.1) is 17.8 Å². The molecule has 0 radical (unpaired) electrons. The fraction of sp³-hybridized carbons (Fsp3) is 0.500. The van der Waals surface area contributed by atoms with Gasteiger partial charge in [0, 0.05) is 29.1 Å². The fourth-order valence-electron chi connectivity index (χ4n) is 3.43. The molecule has 1 amide bonds. The van der Waals surface area contributed by atoms with Crippen LogP contribution in [0.3, 0.4) is 0 Å². The average molecular weight is 396 g/mol. The van der Waals surface area contributed by atoms with Crippen molar-refractivity contribution in [3.63, 3.8) is 0 Å². The number of rotatable bonds is 3. The molecule has 1 saturated carbocycles. The van der Waals surface area contributed by atoms with E-state index in [0.717, 1.165) is 10.5 Å². The summed E-state index contributed by atoms with van der Waals surface area (Å²) in [7, 11) is 0. The molecule has 0 spiro atoms. The van der Waals surface area contributed by atoms with Gasteiger partial charge in [-0.25, -0.2) is 0 Å². The van der Waals surface area contributed by atoms with Gasteiger partial charge in [-0.15, -0.1) is 0 Å². The van der Waals surface area contributed by atoms with E-state index in [2.05, 4.69) is 0 Å². The molecule has 0 bridgehead atoms. The molecule has 4 atom stereocenters. The Morgan fingerprint density at radius 2 is 1.68 bits per heavy atom. The van der Waals surface area contributed by atoms with Gasteiger partial charge in [-0.1, -0.05) is 23.2 Å². The van der Waals surface area contributed by atoms with Crippen LogP contribution in [-0.2, 0) is 9.59 Å². The number of carbonyl (C=O) groups excluding carboxylic acids is 1. The maximum Gasteiger partial charge on any atom is 0.394 e. The van der Waals surface area contributed by atoms with Gasteiger partial charge in [-0.05, 0) is 36.1 Å². The summed E-state index contributed by atoms with van der Waals surface area (Å²) < 4.78 is 39.1. The van der Waals surface area contributed by atoms with Gasteiger partial charge in [0.1, 0.15) is 0 Å². The van der Waals surface area contributed by atoms with Gasteiger partial charge in [0.15, 0.2) is 0 Å². The Labute approximate surface area is 151 Å². The molecule has 1 aromatic carbocycles. The molecule has 3 rings (SSSR count). The highest BCUT2D eigenvalue weighted by molar-refractivity contribution is 6.34. The Kier molecular flexibility index (Phi) is 4.66. The first-order valence-electron chi connectivity index (χ1n) is 7.62. The number of aliphatic carboxylic acids is 1. The Hall–Kier alpha value is -1.47. The number of carboxylic acids is 1. The first-order chi connectivity index (χ1) is 11.6. The lowest BCUT2D eigenvalue weighted by molar-refractivity contribution is -0.188. The molecule has 9 heteroatoms. The van der Waals surface area contributed by atoms with Crippen LogP contribution >= 0.6 is 23.2 Å². The van der Waals surface area contributed by atoms with Crippen LogP contribution in [0.1, 0.15) is 17.9 Å². The lowest BCUT2D eigenvalue weighted by atomic mass is 9.96. The van der Waals surface area contributed by atoms with Crippen LogP contribution in [0.2, 0.25) is 10.0 Å². The summed E-state index contributed by atoms with van der Waals surface area (Å²) >= 11 is 11.9. The second-order valence-corrected chi connectivity index (χ2v) is 7.36. The lowest BCUT2D eigenvalue weighted by Crippen LogP contribution is -2.34. The minimum atomic E-state index is -4.65. The third-order valence-corrected chi connectivity index (χ3v) is 5.23. The van der Waals surface area contributed by atoms with Gasteiger partial charge in [-0.3, -0.25) is 9.59 Å². The zero-order chi connectivity index (χ0) is 18.5. The lowest BCUT2D eigenvalue weighted by Gasteiger charge is -2.18. The molecule has 1 aliphatic heterocycles. The molecule has 1 aliphatic carbocycles. The van der Waals surface area contributed by atoms with Crippen molar-refractivity contribution < 1.29 is 27.9 Å². The number of carboxylic acid groups (broad SMARTS) is 1. The second kappa shape index (κ2) is 6.36. The zero-order valence-corrected chi connectivity index (χ0v) is 14.3. The largest absolute Gasteiger partial charge is 0.481 e. The van der Waals surface area contributed by atoms with Gasteiger partial charge in [0.25, 0.3) is 0 Å². The van der Waals surface area contributed by atoms with Crippen molar-refractivity contribution in [2.45, 2.75) is 18.5 Å². The number of carbonyl (C=O) groups is 2. The summed E-state index contributed by atoms with van der Waals surface area (Å²) in [4.78, 5) is 24.6. The minimum absolute atomic E-state index is 0.156. The van der Waals surface area contributed by atoms with Crippen molar-refractivity contribution in [3.05, 3.63) is 33.8 Å². The van der Waals surface area contributed by atoms with Gasteiger partial charge in [0.2, 0.25) is 5.91 Å². The highest BCUT2D eigenvalue weighted by Gasteiger charge is 2.56. The maximum absolute atomic E-state index is 13.0. The molecule has 1 N–H and O–H groups in total. The van der Waals surface area contributed by atoms with E-state index in [4.69, 9.17) is 28.3 Å². The molecule has 1 saturated heterocycles. The first kappa shape index (κ1) is 18.3. The Morgan fingerprint density at radius 1 is 1.08 bits per heavy atom. The molecule has 2 unspecified atom stereocenters. The number of nitrogens with zero attached hydrogens (tertiary/aromatic N) is 1. The van der Waals surface area contributed by atoms with Crippen molar-refractivity contribution in [2.24, 2.45) is 17.8 Å². The molecule has 4 nitrogen and oxygen atoms in total. The number of likely N-dealkylation sites (tertiary alicyclic amines) is 1. The molecular formula is C16H14Cl2F3NO3. The predicted octanol–water partition coefficient (Wildman–Crippen LogP) is 3.82. The quantitative estimate of drug-likeness (QED) is 0.846. The van der Waals surface area contributed by atoms with E-state index in [-0.39, 0.29) is 5.92 Å². The van der Waals surface area contributed by atoms with E-state index in [0.29, 0.717) is 16.5 Å². The highest BCUT2D eigenvalue weighted by atomic mass is 35.5. The van der Waals surface area contributed by atoms with Gasteiger partial charge in [0.05, 0.1) is 11.8 Å². The van der Waals surface area contributed by atoms with Crippen LogP contribution < -0.4 is 0 Å². The average Bonchev–Trinajstić information content (AvgIpc) is 3.13. The van der Waals surface area contributed by atoms with Crippen LogP contribution in [0.25, 0.3) is 0 Å². The Balaban J connectivity index is 1.71.